The number of carbonyl (C=O) groups excluding carboxylic acids is 1. The molecule has 1 aliphatic rings. The molecule has 0 spiro atoms. The fourth-order valence-corrected chi connectivity index (χ4v) is 4.13. The van der Waals surface area contributed by atoms with Gasteiger partial charge in [0.25, 0.3) is 5.91 Å². The minimum absolute atomic E-state index is 0.0479. The molecule has 30 heavy (non-hydrogen) atoms. The number of carbonyl (C=O) groups is 1. The Labute approximate surface area is 177 Å². The second-order valence-corrected chi connectivity index (χ2v) is 8.65. The lowest BCUT2D eigenvalue weighted by molar-refractivity contribution is 0.0935. The summed E-state index contributed by atoms with van der Waals surface area (Å²) in [5.41, 5.74) is 2.30. The van der Waals surface area contributed by atoms with Crippen LogP contribution >= 0.6 is 0 Å². The quantitative estimate of drug-likeness (QED) is 0.630. The van der Waals surface area contributed by atoms with E-state index in [0.29, 0.717) is 12.1 Å². The molecule has 0 saturated carbocycles. The van der Waals surface area contributed by atoms with Crippen LogP contribution < -0.4 is 5.32 Å². The van der Waals surface area contributed by atoms with E-state index in [2.05, 4.69) is 43.0 Å². The highest BCUT2D eigenvalue weighted by molar-refractivity contribution is 6.05. The van der Waals surface area contributed by atoms with Crippen molar-refractivity contribution in [1.29, 1.82) is 0 Å². The van der Waals surface area contributed by atoms with E-state index in [-0.39, 0.29) is 23.9 Å². The first-order valence-electron chi connectivity index (χ1n) is 10.9. The van der Waals surface area contributed by atoms with E-state index in [1.165, 1.54) is 12.8 Å². The largest absolute Gasteiger partial charge is 0.468 e. The molecule has 1 fully saturated rings. The first kappa shape index (κ1) is 20.6. The average molecular weight is 410 g/mol. The van der Waals surface area contributed by atoms with E-state index in [9.17, 15) is 4.79 Å². The predicted molar refractivity (Wildman–Crippen MR) is 117 cm³/mol. The summed E-state index contributed by atoms with van der Waals surface area (Å²) < 4.78 is 7.56. The van der Waals surface area contributed by atoms with Gasteiger partial charge in [0.1, 0.15) is 5.76 Å². The molecule has 0 unspecified atom stereocenters. The highest BCUT2D eigenvalue weighted by atomic mass is 16.3. The van der Waals surface area contributed by atoms with Crippen molar-refractivity contribution in [3.05, 3.63) is 47.7 Å². The minimum Gasteiger partial charge on any atom is -0.468 e. The van der Waals surface area contributed by atoms with Crippen molar-refractivity contribution >= 4 is 16.9 Å². The summed E-state index contributed by atoms with van der Waals surface area (Å²) in [6, 6.07) is 6.02. The lowest BCUT2D eigenvalue weighted by atomic mass is 10.0. The Bertz CT molecular complexity index is 1000. The second-order valence-electron chi connectivity index (χ2n) is 8.65. The Morgan fingerprint density at radius 2 is 2.00 bits per heavy atom. The van der Waals surface area contributed by atoms with Gasteiger partial charge in [0, 0.05) is 18.3 Å². The normalized spacial score (nSPS) is 16.1. The van der Waals surface area contributed by atoms with Crippen molar-refractivity contribution in [1.82, 2.24) is 25.0 Å². The topological polar surface area (TPSA) is 76.2 Å². The Balaban J connectivity index is 1.62. The Kier molecular flexibility index (Phi) is 5.90. The summed E-state index contributed by atoms with van der Waals surface area (Å²) in [4.78, 5) is 20.5. The Hall–Kier alpha value is -2.67. The van der Waals surface area contributed by atoms with Crippen molar-refractivity contribution in [2.45, 2.75) is 58.5 Å². The summed E-state index contributed by atoms with van der Waals surface area (Å²) in [7, 11) is 0. The smallest absolute Gasteiger partial charge is 0.252 e. The van der Waals surface area contributed by atoms with Crippen molar-refractivity contribution < 1.29 is 9.21 Å². The highest BCUT2D eigenvalue weighted by Crippen LogP contribution is 2.27. The van der Waals surface area contributed by atoms with Gasteiger partial charge in [0.05, 0.1) is 29.5 Å². The second kappa shape index (κ2) is 8.60. The summed E-state index contributed by atoms with van der Waals surface area (Å²) in [5, 5.41) is 8.44. The molecule has 4 rings (SSSR count). The number of nitrogens with one attached hydrogen (secondary N) is 1. The van der Waals surface area contributed by atoms with Crippen LogP contribution in [0.5, 0.6) is 0 Å². The van der Waals surface area contributed by atoms with Crippen molar-refractivity contribution in [2.75, 3.05) is 19.6 Å². The van der Waals surface area contributed by atoms with Crippen molar-refractivity contribution in [3.8, 4) is 0 Å². The molecule has 3 aromatic rings. The standard InChI is InChI=1S/C23H31N5O2/c1-15(2)19-12-17(18-13-25-28(16(3)4)22(18)26-19)23(29)24-14-20(21-8-7-11-30-21)27-9-5-6-10-27/h7-8,11-13,15-16,20H,5-6,9-10,14H2,1-4H3,(H,24,29)/t20-/m1/s1. The number of pyridine rings is 1. The number of hydrogen-bond acceptors (Lipinski definition) is 5. The van der Waals surface area contributed by atoms with Gasteiger partial charge < -0.3 is 9.73 Å². The molecular formula is C23H31N5O2. The van der Waals surface area contributed by atoms with Gasteiger partial charge in [-0.3, -0.25) is 9.69 Å². The number of amides is 1. The number of furan rings is 1. The number of likely N-dealkylation sites (tertiary alicyclic amines) is 1. The summed E-state index contributed by atoms with van der Waals surface area (Å²) in [6.07, 6.45) is 5.82. The van der Waals surface area contributed by atoms with E-state index < -0.39 is 0 Å². The maximum absolute atomic E-state index is 13.3. The van der Waals surface area contributed by atoms with Crippen LogP contribution in [0.2, 0.25) is 0 Å². The molecule has 160 valence electrons. The van der Waals surface area contributed by atoms with Gasteiger partial charge in [0.2, 0.25) is 0 Å². The summed E-state index contributed by atoms with van der Waals surface area (Å²) in [6.45, 7) is 10.9. The molecule has 1 N–H and O–H groups in total. The molecule has 3 aromatic heterocycles. The minimum atomic E-state index is -0.0941. The van der Waals surface area contributed by atoms with Gasteiger partial charge in [-0.15, -0.1) is 0 Å². The molecule has 1 amide bonds. The maximum atomic E-state index is 13.3. The first-order valence-corrected chi connectivity index (χ1v) is 10.9. The van der Waals surface area contributed by atoms with E-state index in [4.69, 9.17) is 9.40 Å². The van der Waals surface area contributed by atoms with Gasteiger partial charge in [-0.2, -0.15) is 5.10 Å². The molecule has 0 radical (unpaired) electrons. The van der Waals surface area contributed by atoms with Crippen LogP contribution in [0.3, 0.4) is 0 Å². The van der Waals surface area contributed by atoms with E-state index in [1.807, 2.05) is 22.9 Å². The first-order chi connectivity index (χ1) is 14.5. The summed E-state index contributed by atoms with van der Waals surface area (Å²) in [5.74, 6) is 1.02. The van der Waals surface area contributed by atoms with E-state index in [1.54, 1.807) is 12.5 Å². The molecule has 1 atom stereocenters. The van der Waals surface area contributed by atoms with Crippen molar-refractivity contribution in [3.63, 3.8) is 0 Å². The van der Waals surface area contributed by atoms with Crippen LogP contribution in [0.25, 0.3) is 11.0 Å². The summed E-state index contributed by atoms with van der Waals surface area (Å²) >= 11 is 0. The van der Waals surface area contributed by atoms with Gasteiger partial charge in [-0.1, -0.05) is 13.8 Å². The highest BCUT2D eigenvalue weighted by Gasteiger charge is 2.27. The van der Waals surface area contributed by atoms with Gasteiger partial charge in [0.15, 0.2) is 5.65 Å². The molecular weight excluding hydrogens is 378 g/mol. The van der Waals surface area contributed by atoms with Crippen LogP contribution in [0, 0.1) is 0 Å². The number of rotatable bonds is 7. The molecule has 4 heterocycles. The van der Waals surface area contributed by atoms with Gasteiger partial charge >= 0.3 is 0 Å². The van der Waals surface area contributed by atoms with Gasteiger partial charge in [-0.05, 0) is 63.9 Å². The third kappa shape index (κ3) is 3.99. The monoisotopic (exact) mass is 409 g/mol. The Morgan fingerprint density at radius 1 is 1.23 bits per heavy atom. The third-order valence-corrected chi connectivity index (χ3v) is 5.82. The number of fused-ring (bicyclic) bond motifs is 1. The fourth-order valence-electron chi connectivity index (χ4n) is 4.13. The van der Waals surface area contributed by atoms with Crippen LogP contribution in [0.15, 0.2) is 35.1 Å². The maximum Gasteiger partial charge on any atom is 0.252 e. The van der Waals surface area contributed by atoms with Crippen molar-refractivity contribution in [2.24, 2.45) is 0 Å². The van der Waals surface area contributed by atoms with Crippen LogP contribution in [0.4, 0.5) is 0 Å². The molecule has 0 aromatic carbocycles. The SMILES string of the molecule is CC(C)c1cc(C(=O)NC[C@H](c2ccco2)N2CCCC2)c2cnn(C(C)C)c2n1. The fraction of sp³-hybridized carbons (Fsp3) is 0.522. The molecule has 0 bridgehead atoms. The zero-order valence-electron chi connectivity index (χ0n) is 18.3. The zero-order chi connectivity index (χ0) is 21.3. The van der Waals surface area contributed by atoms with Crippen LogP contribution in [-0.4, -0.2) is 45.2 Å². The van der Waals surface area contributed by atoms with Crippen LogP contribution in [-0.2, 0) is 0 Å². The molecule has 0 aliphatic carbocycles. The Morgan fingerprint density at radius 3 is 2.63 bits per heavy atom. The van der Waals surface area contributed by atoms with E-state index >= 15 is 0 Å². The average Bonchev–Trinajstić information content (AvgIpc) is 3.48. The molecule has 7 heteroatoms. The van der Waals surface area contributed by atoms with Crippen LogP contribution in [0.1, 0.15) is 80.4 Å². The zero-order valence-corrected chi connectivity index (χ0v) is 18.3. The molecule has 7 nitrogen and oxygen atoms in total. The number of aromatic nitrogens is 3. The van der Waals surface area contributed by atoms with Gasteiger partial charge in [-0.25, -0.2) is 9.67 Å². The molecule has 1 saturated heterocycles. The third-order valence-electron chi connectivity index (χ3n) is 5.82. The lowest BCUT2D eigenvalue weighted by Gasteiger charge is -2.26. The number of nitrogens with zero attached hydrogens (tertiary/aromatic N) is 4. The van der Waals surface area contributed by atoms with E-state index in [0.717, 1.165) is 35.6 Å². The number of hydrogen-bond donors (Lipinski definition) is 1. The molecule has 1 aliphatic heterocycles. The lowest BCUT2D eigenvalue weighted by Crippen LogP contribution is -2.36. The predicted octanol–water partition coefficient (Wildman–Crippen LogP) is 4.30.